The molecule has 0 spiro atoms. The topological polar surface area (TPSA) is 58.6 Å². The molecular formula is C23H17Cl3F3NO3. The van der Waals surface area contributed by atoms with Crippen LogP contribution >= 0.6 is 34.8 Å². The maximum Gasteiger partial charge on any atom is 0.393 e. The fourth-order valence-electron chi connectivity index (χ4n) is 3.01. The van der Waals surface area contributed by atoms with Crippen LogP contribution < -0.4 is 10.1 Å². The summed E-state index contributed by atoms with van der Waals surface area (Å²) in [6.45, 7) is 0.130. The van der Waals surface area contributed by atoms with Crippen LogP contribution in [0, 0.1) is 0 Å². The number of hydrogen-bond donors (Lipinski definition) is 2. The number of halogens is 6. The first-order valence-corrected chi connectivity index (χ1v) is 10.7. The average molecular weight is 519 g/mol. The van der Waals surface area contributed by atoms with E-state index in [1.165, 1.54) is 42.5 Å². The molecule has 0 unspecified atom stereocenters. The minimum absolute atomic E-state index is 0.0523. The first-order valence-electron chi connectivity index (χ1n) is 9.58. The van der Waals surface area contributed by atoms with E-state index >= 15 is 0 Å². The monoisotopic (exact) mass is 517 g/mol. The van der Waals surface area contributed by atoms with Crippen molar-refractivity contribution in [2.24, 2.45) is 0 Å². The van der Waals surface area contributed by atoms with Gasteiger partial charge in [0.1, 0.15) is 5.75 Å². The molecule has 4 nitrogen and oxygen atoms in total. The third-order valence-electron chi connectivity index (χ3n) is 4.52. The lowest BCUT2D eigenvalue weighted by atomic mass is 10.1. The van der Waals surface area contributed by atoms with Crippen molar-refractivity contribution in [2.45, 2.75) is 19.0 Å². The van der Waals surface area contributed by atoms with Crippen LogP contribution in [0.1, 0.15) is 21.5 Å². The van der Waals surface area contributed by atoms with E-state index in [0.717, 1.165) is 5.56 Å². The highest BCUT2D eigenvalue weighted by Gasteiger charge is 2.27. The highest BCUT2D eigenvalue weighted by Crippen LogP contribution is 2.37. The van der Waals surface area contributed by atoms with Gasteiger partial charge in [-0.2, -0.15) is 13.2 Å². The number of alkyl halides is 3. The number of carbonyl (C=O) groups excluding carboxylic acids is 1. The lowest BCUT2D eigenvalue weighted by Crippen LogP contribution is -2.14. The molecule has 0 saturated carbocycles. The molecule has 3 aromatic carbocycles. The number of rotatable bonds is 7. The normalized spacial score (nSPS) is 11.3. The highest BCUT2D eigenvalue weighted by atomic mass is 35.5. The predicted molar refractivity (Wildman–Crippen MR) is 123 cm³/mol. The third-order valence-corrected chi connectivity index (χ3v) is 5.26. The molecule has 0 aliphatic rings. The van der Waals surface area contributed by atoms with Crippen LogP contribution in [-0.4, -0.2) is 23.8 Å². The van der Waals surface area contributed by atoms with Crippen molar-refractivity contribution in [2.75, 3.05) is 11.9 Å². The van der Waals surface area contributed by atoms with E-state index in [1.54, 1.807) is 12.1 Å². The summed E-state index contributed by atoms with van der Waals surface area (Å²) in [7, 11) is 0. The molecule has 0 heterocycles. The van der Waals surface area contributed by atoms with Gasteiger partial charge >= 0.3 is 6.18 Å². The molecule has 0 aromatic heterocycles. The number of benzene rings is 3. The van der Waals surface area contributed by atoms with E-state index in [4.69, 9.17) is 39.5 Å². The van der Waals surface area contributed by atoms with Gasteiger partial charge in [-0.15, -0.1) is 0 Å². The van der Waals surface area contributed by atoms with Gasteiger partial charge < -0.3 is 15.2 Å². The van der Waals surface area contributed by atoms with Gasteiger partial charge in [-0.3, -0.25) is 4.79 Å². The van der Waals surface area contributed by atoms with Gasteiger partial charge in [0, 0.05) is 16.5 Å². The molecule has 0 aliphatic carbocycles. The second-order valence-electron chi connectivity index (χ2n) is 7.09. The van der Waals surface area contributed by atoms with Crippen molar-refractivity contribution in [3.8, 4) is 11.5 Å². The van der Waals surface area contributed by atoms with Crippen LogP contribution in [0.4, 0.5) is 18.9 Å². The number of amides is 1. The number of ether oxygens (including phenoxy) is 1. The molecule has 10 heteroatoms. The summed E-state index contributed by atoms with van der Waals surface area (Å²) >= 11 is 18.2. The van der Waals surface area contributed by atoms with Crippen LogP contribution in [0.25, 0.3) is 0 Å². The van der Waals surface area contributed by atoms with E-state index in [0.29, 0.717) is 6.42 Å². The number of hydrogen-bond acceptors (Lipinski definition) is 3. The van der Waals surface area contributed by atoms with Crippen molar-refractivity contribution >= 4 is 46.4 Å². The van der Waals surface area contributed by atoms with E-state index in [-0.39, 0.29) is 50.0 Å². The molecule has 0 fully saturated rings. The standard InChI is InChI=1S/C23H17Cl3F3NO3/c24-15-5-6-20(31)17(9-15)22(32)30-19-11-16(25)10-18(26)21(19)33-8-7-13-1-3-14(4-2-13)12-23(27,28)29/h1-6,9-11,31H,7-8,12H2,(H,30,32). The maximum absolute atomic E-state index is 12.6. The Morgan fingerprint density at radius 2 is 1.61 bits per heavy atom. The number of aromatic hydroxyl groups is 1. The summed E-state index contributed by atoms with van der Waals surface area (Å²) in [6.07, 6.45) is -4.87. The lowest BCUT2D eigenvalue weighted by molar-refractivity contribution is -0.127. The van der Waals surface area contributed by atoms with Crippen molar-refractivity contribution in [1.82, 2.24) is 0 Å². The number of carbonyl (C=O) groups is 1. The first kappa shape index (κ1) is 25.0. The predicted octanol–water partition coefficient (Wildman–Crippen LogP) is 7.33. The number of anilines is 1. The second-order valence-corrected chi connectivity index (χ2v) is 8.37. The minimum atomic E-state index is -4.27. The van der Waals surface area contributed by atoms with Gasteiger partial charge in [-0.1, -0.05) is 59.1 Å². The van der Waals surface area contributed by atoms with E-state index in [1.807, 2.05) is 0 Å². The fraction of sp³-hybridized carbons (Fsp3) is 0.174. The summed E-state index contributed by atoms with van der Waals surface area (Å²) in [5, 5.41) is 13.2. The lowest BCUT2D eigenvalue weighted by Gasteiger charge is -2.15. The van der Waals surface area contributed by atoms with Crippen LogP contribution in [0.5, 0.6) is 11.5 Å². The Kier molecular flexibility index (Phi) is 8.00. The number of phenolic OH excluding ortho intramolecular Hbond substituents is 1. The Labute approximate surface area is 202 Å². The zero-order valence-electron chi connectivity index (χ0n) is 16.8. The van der Waals surface area contributed by atoms with Crippen molar-refractivity contribution in [3.05, 3.63) is 86.4 Å². The molecule has 3 aromatic rings. The molecule has 174 valence electrons. The molecule has 33 heavy (non-hydrogen) atoms. The van der Waals surface area contributed by atoms with Gasteiger partial charge in [0.2, 0.25) is 0 Å². The van der Waals surface area contributed by atoms with Crippen molar-refractivity contribution < 1.29 is 27.8 Å². The summed E-state index contributed by atoms with van der Waals surface area (Å²) in [6, 6.07) is 12.9. The molecule has 0 saturated heterocycles. The zero-order chi connectivity index (χ0) is 24.2. The Balaban J connectivity index is 1.71. The Morgan fingerprint density at radius 3 is 2.27 bits per heavy atom. The van der Waals surface area contributed by atoms with Crippen LogP contribution in [-0.2, 0) is 12.8 Å². The molecule has 0 radical (unpaired) electrons. The van der Waals surface area contributed by atoms with Gasteiger partial charge in [0.25, 0.3) is 5.91 Å². The number of phenols is 1. The summed E-state index contributed by atoms with van der Waals surface area (Å²) in [5.41, 5.74) is 1.06. The van der Waals surface area contributed by atoms with Gasteiger partial charge in [-0.05, 0) is 41.5 Å². The van der Waals surface area contributed by atoms with Gasteiger partial charge in [0.15, 0.2) is 5.75 Å². The first-order chi connectivity index (χ1) is 15.5. The summed E-state index contributed by atoms with van der Waals surface area (Å²) in [4.78, 5) is 12.6. The third kappa shape index (κ3) is 7.19. The van der Waals surface area contributed by atoms with Gasteiger partial charge in [0.05, 0.1) is 29.3 Å². The van der Waals surface area contributed by atoms with E-state index in [9.17, 15) is 23.1 Å². The molecule has 1 amide bonds. The Bertz CT molecular complexity index is 1150. The highest BCUT2D eigenvalue weighted by molar-refractivity contribution is 6.36. The molecule has 0 bridgehead atoms. The van der Waals surface area contributed by atoms with Crippen LogP contribution in [0.3, 0.4) is 0 Å². The zero-order valence-corrected chi connectivity index (χ0v) is 19.1. The fourth-order valence-corrected chi connectivity index (χ4v) is 3.73. The van der Waals surface area contributed by atoms with Crippen LogP contribution in [0.2, 0.25) is 15.1 Å². The maximum atomic E-state index is 12.6. The molecule has 3 rings (SSSR count). The van der Waals surface area contributed by atoms with Crippen LogP contribution in [0.15, 0.2) is 54.6 Å². The SMILES string of the molecule is O=C(Nc1cc(Cl)cc(Cl)c1OCCc1ccc(CC(F)(F)F)cc1)c1cc(Cl)ccc1O. The van der Waals surface area contributed by atoms with Crippen molar-refractivity contribution in [1.29, 1.82) is 0 Å². The molecule has 0 aliphatic heterocycles. The molecule has 2 N–H and O–H groups in total. The molecule has 0 atom stereocenters. The largest absolute Gasteiger partial charge is 0.507 e. The summed E-state index contributed by atoms with van der Waals surface area (Å²) < 4.78 is 43.2. The van der Waals surface area contributed by atoms with E-state index in [2.05, 4.69) is 5.32 Å². The smallest absolute Gasteiger partial charge is 0.393 e. The van der Waals surface area contributed by atoms with Crippen molar-refractivity contribution in [3.63, 3.8) is 0 Å². The van der Waals surface area contributed by atoms with E-state index < -0.39 is 18.5 Å². The quantitative estimate of drug-likeness (QED) is 0.344. The molecular weight excluding hydrogens is 502 g/mol. The van der Waals surface area contributed by atoms with Gasteiger partial charge in [-0.25, -0.2) is 0 Å². The Hall–Kier alpha value is -2.61. The summed E-state index contributed by atoms with van der Waals surface area (Å²) in [5.74, 6) is -0.760. The minimum Gasteiger partial charge on any atom is -0.507 e. The average Bonchev–Trinajstić information content (AvgIpc) is 2.71. The Morgan fingerprint density at radius 1 is 0.939 bits per heavy atom. The second kappa shape index (κ2) is 10.5. The number of nitrogens with one attached hydrogen (secondary N) is 1.